The summed E-state index contributed by atoms with van der Waals surface area (Å²) >= 11 is 0. The number of carbonyl (C=O) groups excluding carboxylic acids is 1. The Morgan fingerprint density at radius 1 is 1.62 bits per heavy atom. The molecular formula is C12H24N2O2. The van der Waals surface area contributed by atoms with E-state index in [1.807, 2.05) is 11.8 Å². The van der Waals surface area contributed by atoms with Crippen molar-refractivity contribution in [2.24, 2.45) is 17.6 Å². The van der Waals surface area contributed by atoms with Gasteiger partial charge in [-0.3, -0.25) is 4.79 Å². The molecule has 1 amide bonds. The fraction of sp³-hybridized carbons (Fsp3) is 0.917. The maximum absolute atomic E-state index is 12.1. The molecule has 1 aliphatic rings. The SMILES string of the molecule is COC1CN(C(=O)C(C)CCN)CCC1C. The highest BCUT2D eigenvalue weighted by Gasteiger charge is 2.30. The lowest BCUT2D eigenvalue weighted by Crippen LogP contribution is -2.48. The van der Waals surface area contributed by atoms with E-state index in [9.17, 15) is 4.79 Å². The van der Waals surface area contributed by atoms with E-state index in [0.717, 1.165) is 25.9 Å². The van der Waals surface area contributed by atoms with Crippen molar-refractivity contribution in [3.8, 4) is 0 Å². The van der Waals surface area contributed by atoms with Crippen LogP contribution in [0.15, 0.2) is 0 Å². The molecule has 0 aromatic heterocycles. The van der Waals surface area contributed by atoms with Crippen LogP contribution in [-0.4, -0.2) is 43.7 Å². The number of piperidine rings is 1. The molecule has 1 heterocycles. The Morgan fingerprint density at radius 3 is 2.88 bits per heavy atom. The third-order valence-electron chi connectivity index (χ3n) is 3.53. The number of carbonyl (C=O) groups is 1. The first-order chi connectivity index (χ1) is 7.60. The molecule has 2 N–H and O–H groups in total. The van der Waals surface area contributed by atoms with E-state index in [-0.39, 0.29) is 17.9 Å². The molecule has 0 saturated carbocycles. The summed E-state index contributed by atoms with van der Waals surface area (Å²) in [5.74, 6) is 0.800. The molecule has 94 valence electrons. The third kappa shape index (κ3) is 3.19. The minimum Gasteiger partial charge on any atom is -0.379 e. The number of likely N-dealkylation sites (tertiary alicyclic amines) is 1. The van der Waals surface area contributed by atoms with E-state index in [1.54, 1.807) is 7.11 Å². The van der Waals surface area contributed by atoms with E-state index in [1.165, 1.54) is 0 Å². The maximum Gasteiger partial charge on any atom is 0.225 e. The van der Waals surface area contributed by atoms with Gasteiger partial charge in [0.25, 0.3) is 0 Å². The van der Waals surface area contributed by atoms with Crippen molar-refractivity contribution >= 4 is 5.91 Å². The Labute approximate surface area is 98.1 Å². The molecule has 0 bridgehead atoms. The second-order valence-electron chi connectivity index (χ2n) is 4.80. The normalized spacial score (nSPS) is 27.9. The summed E-state index contributed by atoms with van der Waals surface area (Å²) in [4.78, 5) is 14.0. The molecule has 4 heteroatoms. The van der Waals surface area contributed by atoms with E-state index >= 15 is 0 Å². The number of ether oxygens (including phenoxy) is 1. The molecule has 0 aromatic rings. The number of nitrogens with zero attached hydrogens (tertiary/aromatic N) is 1. The molecular weight excluding hydrogens is 204 g/mol. The van der Waals surface area contributed by atoms with Crippen LogP contribution in [0, 0.1) is 11.8 Å². The Kier molecular flexibility index (Phi) is 5.22. The first-order valence-electron chi connectivity index (χ1n) is 6.11. The Balaban J connectivity index is 2.51. The van der Waals surface area contributed by atoms with Gasteiger partial charge in [-0.05, 0) is 25.3 Å². The van der Waals surface area contributed by atoms with Crippen molar-refractivity contribution < 1.29 is 9.53 Å². The number of nitrogens with two attached hydrogens (primary N) is 1. The predicted octanol–water partition coefficient (Wildman–Crippen LogP) is 0.855. The smallest absolute Gasteiger partial charge is 0.225 e. The van der Waals surface area contributed by atoms with Crippen LogP contribution in [0.3, 0.4) is 0 Å². The van der Waals surface area contributed by atoms with Gasteiger partial charge in [-0.25, -0.2) is 0 Å². The van der Waals surface area contributed by atoms with E-state index in [4.69, 9.17) is 10.5 Å². The quantitative estimate of drug-likeness (QED) is 0.776. The molecule has 16 heavy (non-hydrogen) atoms. The average Bonchev–Trinajstić information content (AvgIpc) is 2.29. The van der Waals surface area contributed by atoms with Gasteiger partial charge in [0.2, 0.25) is 5.91 Å². The third-order valence-corrected chi connectivity index (χ3v) is 3.53. The largest absolute Gasteiger partial charge is 0.379 e. The standard InChI is InChI=1S/C12H24N2O2/c1-9-5-7-14(8-11(9)16-3)12(15)10(2)4-6-13/h9-11H,4-8,13H2,1-3H3. The van der Waals surface area contributed by atoms with Crippen LogP contribution in [0.25, 0.3) is 0 Å². The topological polar surface area (TPSA) is 55.6 Å². The van der Waals surface area contributed by atoms with Crippen molar-refractivity contribution in [2.75, 3.05) is 26.7 Å². The van der Waals surface area contributed by atoms with Crippen LogP contribution in [0.2, 0.25) is 0 Å². The molecule has 0 aliphatic carbocycles. The molecule has 1 aliphatic heterocycles. The molecule has 1 rings (SSSR count). The molecule has 1 saturated heterocycles. The Morgan fingerprint density at radius 2 is 2.31 bits per heavy atom. The highest BCUT2D eigenvalue weighted by Crippen LogP contribution is 2.21. The van der Waals surface area contributed by atoms with Crippen LogP contribution in [0.4, 0.5) is 0 Å². The molecule has 0 radical (unpaired) electrons. The monoisotopic (exact) mass is 228 g/mol. The van der Waals surface area contributed by atoms with Gasteiger partial charge in [0, 0.05) is 26.1 Å². The van der Waals surface area contributed by atoms with Gasteiger partial charge < -0.3 is 15.4 Å². The summed E-state index contributed by atoms with van der Waals surface area (Å²) < 4.78 is 5.40. The second-order valence-corrected chi connectivity index (χ2v) is 4.80. The molecule has 0 aromatic carbocycles. The zero-order chi connectivity index (χ0) is 12.1. The summed E-state index contributed by atoms with van der Waals surface area (Å²) in [6.45, 7) is 6.29. The number of methoxy groups -OCH3 is 1. The van der Waals surface area contributed by atoms with Crippen molar-refractivity contribution in [3.63, 3.8) is 0 Å². The van der Waals surface area contributed by atoms with E-state index in [0.29, 0.717) is 12.5 Å². The number of amides is 1. The van der Waals surface area contributed by atoms with E-state index < -0.39 is 0 Å². The highest BCUT2D eigenvalue weighted by atomic mass is 16.5. The molecule has 4 nitrogen and oxygen atoms in total. The summed E-state index contributed by atoms with van der Waals surface area (Å²) in [5.41, 5.74) is 5.48. The van der Waals surface area contributed by atoms with Crippen LogP contribution in [0.1, 0.15) is 26.7 Å². The Hall–Kier alpha value is -0.610. The fourth-order valence-corrected chi connectivity index (χ4v) is 2.23. The molecule has 3 atom stereocenters. The van der Waals surface area contributed by atoms with Gasteiger partial charge >= 0.3 is 0 Å². The van der Waals surface area contributed by atoms with Crippen molar-refractivity contribution in [2.45, 2.75) is 32.8 Å². The van der Waals surface area contributed by atoms with Crippen LogP contribution >= 0.6 is 0 Å². The first-order valence-corrected chi connectivity index (χ1v) is 6.11. The lowest BCUT2D eigenvalue weighted by molar-refractivity contribution is -0.140. The number of hydrogen-bond donors (Lipinski definition) is 1. The van der Waals surface area contributed by atoms with Gasteiger partial charge in [0.1, 0.15) is 0 Å². The van der Waals surface area contributed by atoms with Crippen molar-refractivity contribution in [3.05, 3.63) is 0 Å². The van der Waals surface area contributed by atoms with E-state index in [2.05, 4.69) is 6.92 Å². The summed E-state index contributed by atoms with van der Waals surface area (Å²) in [6, 6.07) is 0. The maximum atomic E-state index is 12.1. The van der Waals surface area contributed by atoms with Gasteiger partial charge in [0.15, 0.2) is 0 Å². The fourth-order valence-electron chi connectivity index (χ4n) is 2.23. The highest BCUT2D eigenvalue weighted by molar-refractivity contribution is 5.78. The van der Waals surface area contributed by atoms with Gasteiger partial charge in [-0.15, -0.1) is 0 Å². The summed E-state index contributed by atoms with van der Waals surface area (Å²) in [6.07, 6.45) is 1.98. The Bertz CT molecular complexity index is 233. The average molecular weight is 228 g/mol. The van der Waals surface area contributed by atoms with Gasteiger partial charge in [-0.1, -0.05) is 13.8 Å². The minimum atomic E-state index is 0.0379. The first kappa shape index (κ1) is 13.5. The van der Waals surface area contributed by atoms with Crippen molar-refractivity contribution in [1.29, 1.82) is 0 Å². The summed E-state index contributed by atoms with van der Waals surface area (Å²) in [5, 5.41) is 0. The summed E-state index contributed by atoms with van der Waals surface area (Å²) in [7, 11) is 1.72. The molecule has 0 spiro atoms. The number of hydrogen-bond acceptors (Lipinski definition) is 3. The van der Waals surface area contributed by atoms with Crippen LogP contribution in [0.5, 0.6) is 0 Å². The predicted molar refractivity (Wildman–Crippen MR) is 64.0 cm³/mol. The molecule has 1 fully saturated rings. The van der Waals surface area contributed by atoms with Gasteiger partial charge in [-0.2, -0.15) is 0 Å². The van der Waals surface area contributed by atoms with Crippen LogP contribution in [-0.2, 0) is 9.53 Å². The minimum absolute atomic E-state index is 0.0379. The van der Waals surface area contributed by atoms with Crippen molar-refractivity contribution in [1.82, 2.24) is 4.90 Å². The zero-order valence-corrected chi connectivity index (χ0v) is 10.6. The zero-order valence-electron chi connectivity index (χ0n) is 10.6. The lowest BCUT2D eigenvalue weighted by atomic mass is 9.94. The second kappa shape index (κ2) is 6.21. The van der Waals surface area contributed by atoms with Gasteiger partial charge in [0.05, 0.1) is 6.10 Å². The number of rotatable bonds is 4. The molecule has 3 unspecified atom stereocenters. The lowest BCUT2D eigenvalue weighted by Gasteiger charge is -2.37. The van der Waals surface area contributed by atoms with Crippen LogP contribution < -0.4 is 5.73 Å².